The number of rotatable bonds is 8. The molecule has 0 radical (unpaired) electrons. The molecule has 2 heterocycles. The molecule has 0 aromatic carbocycles. The number of hydrogen-bond acceptors (Lipinski definition) is 14. The predicted molar refractivity (Wildman–Crippen MR) is 203 cm³/mol. The Morgan fingerprint density at radius 1 is 0.717 bits per heavy atom. The van der Waals surface area contributed by atoms with Gasteiger partial charge in [-0.2, -0.15) is 0 Å². The van der Waals surface area contributed by atoms with Crippen LogP contribution in [0.3, 0.4) is 0 Å². The molecule has 0 saturated heterocycles. The fourth-order valence-corrected chi connectivity index (χ4v) is 11.3. The average Bonchev–Trinajstić information content (AvgIpc) is 3.54. The number of carbonyl (C=O) groups is 7. The fraction of sp³-hybridized carbons (Fsp3) is 0.595. The Kier molecular flexibility index (Phi) is 14.2. The van der Waals surface area contributed by atoms with Gasteiger partial charge in [-0.05, 0) is 54.1 Å². The maximum Gasteiger partial charge on any atom is 0.348 e. The topological polar surface area (TPSA) is 192 Å². The minimum Gasteiger partial charge on any atom is -0.477 e. The summed E-state index contributed by atoms with van der Waals surface area (Å²) in [5, 5.41) is 9.18. The molecule has 0 amide bonds. The molecular formula is C37H48O12S4. The van der Waals surface area contributed by atoms with Crippen molar-refractivity contribution in [2.75, 3.05) is 25.2 Å². The first kappa shape index (κ1) is 44.2. The van der Waals surface area contributed by atoms with Crippen LogP contribution in [0.15, 0.2) is 8.42 Å². The summed E-state index contributed by atoms with van der Waals surface area (Å²) in [5.41, 5.74) is 1.23. The highest BCUT2D eigenvalue weighted by molar-refractivity contribution is 8.01. The largest absolute Gasteiger partial charge is 0.477 e. The van der Waals surface area contributed by atoms with Gasteiger partial charge in [-0.15, -0.1) is 34.4 Å². The van der Waals surface area contributed by atoms with Gasteiger partial charge in [0.1, 0.15) is 25.5 Å². The molecule has 5 rings (SSSR count). The number of thiophene rings is 2. The van der Waals surface area contributed by atoms with E-state index >= 15 is 0 Å². The van der Waals surface area contributed by atoms with Crippen LogP contribution in [0, 0.1) is 16.2 Å². The quantitative estimate of drug-likeness (QED) is 0.162. The van der Waals surface area contributed by atoms with Crippen LogP contribution in [0.25, 0.3) is 0 Å². The molecule has 1 fully saturated rings. The van der Waals surface area contributed by atoms with Crippen LogP contribution in [-0.4, -0.2) is 79.8 Å². The van der Waals surface area contributed by atoms with Gasteiger partial charge in [0.2, 0.25) is 0 Å². The van der Waals surface area contributed by atoms with Crippen LogP contribution >= 0.6 is 34.4 Å². The number of carboxylic acids is 1. The summed E-state index contributed by atoms with van der Waals surface area (Å²) in [6, 6.07) is 0. The molecule has 0 bridgehead atoms. The average molecular weight is 813 g/mol. The monoisotopic (exact) mass is 812 g/mol. The number of sulfone groups is 1. The first-order valence-electron chi connectivity index (χ1n) is 17.1. The number of Topliss-reactive ketones (excluding diaryl/α,β-unsaturated/α-hetero) is 4. The van der Waals surface area contributed by atoms with Gasteiger partial charge < -0.3 is 14.6 Å². The van der Waals surface area contributed by atoms with E-state index in [0.29, 0.717) is 70.3 Å². The van der Waals surface area contributed by atoms with Gasteiger partial charge in [-0.1, -0.05) is 41.5 Å². The molecule has 2 aromatic rings. The van der Waals surface area contributed by atoms with E-state index in [2.05, 4.69) is 0 Å². The summed E-state index contributed by atoms with van der Waals surface area (Å²) in [7, 11) is -3.59. The third-order valence-corrected chi connectivity index (χ3v) is 14.0. The van der Waals surface area contributed by atoms with Gasteiger partial charge in [0.15, 0.2) is 21.4 Å². The van der Waals surface area contributed by atoms with Crippen LogP contribution < -0.4 is 0 Å². The lowest BCUT2D eigenvalue weighted by Gasteiger charge is -2.29. The zero-order chi connectivity index (χ0) is 40.3. The van der Waals surface area contributed by atoms with Gasteiger partial charge in [0, 0.05) is 37.5 Å². The van der Waals surface area contributed by atoms with E-state index in [1.165, 1.54) is 23.1 Å². The van der Waals surface area contributed by atoms with Gasteiger partial charge in [0.05, 0.1) is 35.2 Å². The molecular weight excluding hydrogens is 765 g/mol. The summed E-state index contributed by atoms with van der Waals surface area (Å²) in [5.74, 6) is -1.84. The highest BCUT2D eigenvalue weighted by atomic mass is 32.2. The lowest BCUT2D eigenvalue weighted by molar-refractivity contribution is -0.140. The Morgan fingerprint density at radius 2 is 1.19 bits per heavy atom. The van der Waals surface area contributed by atoms with E-state index in [-0.39, 0.29) is 85.2 Å². The van der Waals surface area contributed by atoms with Crippen LogP contribution in [0.1, 0.15) is 139 Å². The zero-order valence-corrected chi connectivity index (χ0v) is 34.9. The van der Waals surface area contributed by atoms with E-state index in [0.717, 1.165) is 11.8 Å². The number of fused-ring (bicyclic) bond motifs is 2. The minimum atomic E-state index is -3.59. The molecule has 2 aromatic heterocycles. The van der Waals surface area contributed by atoms with Crippen LogP contribution in [0.4, 0.5) is 0 Å². The molecule has 16 heteroatoms. The molecule has 0 unspecified atom stereocenters. The van der Waals surface area contributed by atoms with Gasteiger partial charge in [-0.25, -0.2) is 18.0 Å². The summed E-state index contributed by atoms with van der Waals surface area (Å²) in [6.07, 6.45) is 4.03. The number of carbonyl (C=O) groups excluding carboxylic acids is 6. The van der Waals surface area contributed by atoms with Crippen molar-refractivity contribution in [1.82, 2.24) is 0 Å². The zero-order valence-electron chi connectivity index (χ0n) is 31.6. The van der Waals surface area contributed by atoms with Crippen molar-refractivity contribution in [2.45, 2.75) is 109 Å². The summed E-state index contributed by atoms with van der Waals surface area (Å²) < 4.78 is 34.1. The Balaban J connectivity index is 0.000000231. The van der Waals surface area contributed by atoms with E-state index in [1.54, 1.807) is 13.8 Å². The molecule has 0 aliphatic heterocycles. The maximum absolute atomic E-state index is 12.6. The van der Waals surface area contributed by atoms with Gasteiger partial charge >= 0.3 is 17.9 Å². The molecule has 0 spiro atoms. The lowest BCUT2D eigenvalue weighted by atomic mass is 9.74. The second kappa shape index (κ2) is 17.1. The second-order valence-corrected chi connectivity index (χ2v) is 21.2. The molecule has 1 saturated carbocycles. The third kappa shape index (κ3) is 11.6. The molecule has 3 aliphatic rings. The second-order valence-electron chi connectivity index (χ2n) is 15.7. The maximum atomic E-state index is 12.6. The van der Waals surface area contributed by atoms with Crippen LogP contribution in [0.2, 0.25) is 0 Å². The summed E-state index contributed by atoms with van der Waals surface area (Å²) in [4.78, 5) is 82.1. The van der Waals surface area contributed by atoms with E-state index in [4.69, 9.17) is 9.47 Å². The number of esters is 2. The Morgan fingerprint density at radius 3 is 1.64 bits per heavy atom. The van der Waals surface area contributed by atoms with Crippen LogP contribution in [-0.2, 0) is 46.5 Å². The minimum absolute atomic E-state index is 0.0272. The standard InChI is InChI=1S/C17H22O5S2.C12H14O5S2.C8H12O2/c1-5-21-12(19)9-23-16-13-10(7-17(3,4)8-11(13)18)14(24-16)15(20)22-6-2;1-12(2)4-6-8(7(13)5-12)11(19(3,16)17)18-9(6)10(14)15;1-8(2)4-6(9)3-7(10)5-8/h5-9H2,1-4H3;4-5H2,1-3H3,(H,14,15);3-5H2,1-2H3. The van der Waals surface area contributed by atoms with E-state index in [9.17, 15) is 47.1 Å². The Hall–Kier alpha value is -3.21. The number of hydrogen-bond donors (Lipinski definition) is 1. The number of ketones is 4. The van der Waals surface area contributed by atoms with Crippen molar-refractivity contribution in [3.05, 3.63) is 32.0 Å². The van der Waals surface area contributed by atoms with Crippen LogP contribution in [0.5, 0.6) is 0 Å². The van der Waals surface area contributed by atoms with E-state index in [1.807, 2.05) is 41.5 Å². The van der Waals surface area contributed by atoms with Gasteiger partial charge in [-0.3, -0.25) is 24.0 Å². The Bertz CT molecular complexity index is 1910. The molecule has 292 valence electrons. The highest BCUT2D eigenvalue weighted by Gasteiger charge is 2.40. The lowest BCUT2D eigenvalue weighted by Crippen LogP contribution is -2.28. The van der Waals surface area contributed by atoms with Crippen molar-refractivity contribution < 1.29 is 56.6 Å². The van der Waals surface area contributed by atoms with Crippen molar-refractivity contribution >= 4 is 85.3 Å². The Labute approximate surface area is 322 Å². The SMILES string of the molecule is CC1(C)CC(=O)CC(=O)C1.CC1(C)CC(=O)c2c(S(C)(=O)=O)sc(C(=O)O)c2C1.CCOC(=O)CSc1sc(C(=O)OCC)c2c1C(=O)CC(C)(C)C2. The number of carboxylic acid groups (broad SMARTS) is 1. The predicted octanol–water partition coefficient (Wildman–Crippen LogP) is 7.07. The van der Waals surface area contributed by atoms with Crippen molar-refractivity contribution in [2.24, 2.45) is 16.2 Å². The number of aromatic carboxylic acids is 1. The third-order valence-electron chi connectivity index (χ3n) is 8.46. The first-order valence-corrected chi connectivity index (χ1v) is 21.6. The molecule has 12 nitrogen and oxygen atoms in total. The fourth-order valence-electron chi connectivity index (χ4n) is 6.61. The molecule has 53 heavy (non-hydrogen) atoms. The van der Waals surface area contributed by atoms with Crippen molar-refractivity contribution in [3.8, 4) is 0 Å². The summed E-state index contributed by atoms with van der Waals surface area (Å²) >= 11 is 3.19. The van der Waals surface area contributed by atoms with Crippen molar-refractivity contribution in [3.63, 3.8) is 0 Å². The summed E-state index contributed by atoms with van der Waals surface area (Å²) in [6.45, 7) is 15.8. The first-order chi connectivity index (χ1) is 24.3. The smallest absolute Gasteiger partial charge is 0.348 e. The van der Waals surface area contributed by atoms with E-state index < -0.39 is 21.8 Å². The highest BCUT2D eigenvalue weighted by Crippen LogP contribution is 2.46. The van der Waals surface area contributed by atoms with Crippen molar-refractivity contribution in [1.29, 1.82) is 0 Å². The van der Waals surface area contributed by atoms with Gasteiger partial charge in [0.25, 0.3) is 0 Å². The normalized spacial score (nSPS) is 18.4. The number of ether oxygens (including phenoxy) is 2. The molecule has 0 atom stereocenters. The number of thioether (sulfide) groups is 1. The molecule has 3 aliphatic carbocycles. The molecule has 1 N–H and O–H groups in total.